The van der Waals surface area contributed by atoms with Crippen molar-refractivity contribution in [2.45, 2.75) is 50.9 Å². The van der Waals surface area contributed by atoms with Crippen LogP contribution in [-0.4, -0.2) is 0 Å². The van der Waals surface area contributed by atoms with Crippen LogP contribution < -0.4 is 0 Å². The third kappa shape index (κ3) is 1.85. The summed E-state index contributed by atoms with van der Waals surface area (Å²) in [6.45, 7) is 2.32. The van der Waals surface area contributed by atoms with Gasteiger partial charge in [0, 0.05) is 0 Å². The predicted molar refractivity (Wildman–Crippen MR) is 68.6 cm³/mol. The minimum absolute atomic E-state index is 0.0621. The number of benzene rings is 1. The number of nitriles is 1. The Kier molecular flexibility index (Phi) is 2.67. The molecule has 3 heteroatoms. The Bertz CT molecular complexity index is 523. The molecule has 3 aliphatic carbocycles. The van der Waals surface area contributed by atoms with Crippen LogP contribution in [-0.2, 0) is 5.41 Å². The largest absolute Gasteiger partial charge is 0.205 e. The predicted octanol–water partition coefficient (Wildman–Crippen LogP) is 4.45. The Labute approximate surface area is 112 Å². The summed E-state index contributed by atoms with van der Waals surface area (Å²) in [5.41, 5.74) is 0.665. The molecule has 0 spiro atoms. The summed E-state index contributed by atoms with van der Waals surface area (Å²) < 4.78 is 27.6. The van der Waals surface area contributed by atoms with Crippen LogP contribution in [0.3, 0.4) is 0 Å². The molecule has 2 bridgehead atoms. The second-order valence-electron chi connectivity index (χ2n) is 6.52. The molecule has 0 amide bonds. The van der Waals surface area contributed by atoms with E-state index >= 15 is 0 Å². The highest BCUT2D eigenvalue weighted by atomic mass is 19.1. The Morgan fingerprint density at radius 2 is 1.47 bits per heavy atom. The summed E-state index contributed by atoms with van der Waals surface area (Å²) >= 11 is 0. The standard InChI is InChI=1S/C16H17F2N/c1-15-2-5-16(6-3-15,7-4-15)11-8-13(17)12(10-19)14(18)9-11/h8-9H,2-7H2,1H3. The van der Waals surface area contributed by atoms with Crippen molar-refractivity contribution >= 4 is 0 Å². The molecule has 0 aromatic heterocycles. The maximum Gasteiger partial charge on any atom is 0.144 e. The SMILES string of the molecule is CC12CCC(c3cc(F)c(C#N)c(F)c3)(CC1)CC2. The zero-order valence-electron chi connectivity index (χ0n) is 11.1. The second kappa shape index (κ2) is 4.03. The molecule has 0 heterocycles. The molecule has 0 N–H and O–H groups in total. The summed E-state index contributed by atoms with van der Waals surface area (Å²) in [7, 11) is 0. The van der Waals surface area contributed by atoms with Gasteiger partial charge < -0.3 is 0 Å². The molecular formula is C16H17F2N. The first-order chi connectivity index (χ1) is 8.98. The first-order valence-electron chi connectivity index (χ1n) is 6.88. The molecule has 100 valence electrons. The maximum absolute atomic E-state index is 13.8. The molecule has 1 aromatic rings. The van der Waals surface area contributed by atoms with Crippen LogP contribution in [0.4, 0.5) is 8.78 Å². The van der Waals surface area contributed by atoms with Gasteiger partial charge in [-0.25, -0.2) is 8.78 Å². The van der Waals surface area contributed by atoms with Crippen molar-refractivity contribution in [1.29, 1.82) is 5.26 Å². The van der Waals surface area contributed by atoms with Crippen LogP contribution in [0.2, 0.25) is 0 Å². The van der Waals surface area contributed by atoms with Gasteiger partial charge in [0.05, 0.1) is 0 Å². The number of hydrogen-bond donors (Lipinski definition) is 0. The molecule has 19 heavy (non-hydrogen) atoms. The van der Waals surface area contributed by atoms with Gasteiger partial charge in [0.1, 0.15) is 23.3 Å². The number of halogens is 2. The minimum atomic E-state index is -0.717. The van der Waals surface area contributed by atoms with Gasteiger partial charge >= 0.3 is 0 Å². The van der Waals surface area contributed by atoms with E-state index in [1.807, 2.05) is 0 Å². The van der Waals surface area contributed by atoms with Crippen molar-refractivity contribution < 1.29 is 8.78 Å². The summed E-state index contributed by atoms with van der Waals surface area (Å²) in [6, 6.07) is 4.36. The second-order valence-corrected chi connectivity index (χ2v) is 6.52. The Morgan fingerprint density at radius 1 is 1.00 bits per heavy atom. The molecule has 3 saturated carbocycles. The molecule has 1 aromatic carbocycles. The third-order valence-corrected chi connectivity index (χ3v) is 5.39. The maximum atomic E-state index is 13.8. The number of hydrogen-bond acceptors (Lipinski definition) is 1. The van der Waals surface area contributed by atoms with E-state index in [2.05, 4.69) is 6.92 Å². The van der Waals surface area contributed by atoms with E-state index in [4.69, 9.17) is 5.26 Å². The van der Waals surface area contributed by atoms with Crippen LogP contribution in [0, 0.1) is 28.4 Å². The van der Waals surface area contributed by atoms with E-state index in [-0.39, 0.29) is 5.41 Å². The average molecular weight is 261 g/mol. The smallest absolute Gasteiger partial charge is 0.144 e. The van der Waals surface area contributed by atoms with E-state index in [0.29, 0.717) is 5.41 Å². The number of rotatable bonds is 1. The Hall–Kier alpha value is -1.43. The van der Waals surface area contributed by atoms with Crippen molar-refractivity contribution in [3.8, 4) is 6.07 Å². The van der Waals surface area contributed by atoms with Gasteiger partial charge in [-0.15, -0.1) is 0 Å². The molecule has 1 nitrogen and oxygen atoms in total. The highest BCUT2D eigenvalue weighted by Crippen LogP contribution is 2.57. The van der Waals surface area contributed by atoms with Crippen molar-refractivity contribution in [2.75, 3.05) is 0 Å². The molecule has 4 rings (SSSR count). The van der Waals surface area contributed by atoms with Gasteiger partial charge in [0.25, 0.3) is 0 Å². The topological polar surface area (TPSA) is 23.8 Å². The fourth-order valence-electron chi connectivity index (χ4n) is 3.79. The van der Waals surface area contributed by atoms with Gasteiger partial charge in [-0.1, -0.05) is 6.92 Å². The lowest BCUT2D eigenvalue weighted by atomic mass is 9.52. The average Bonchev–Trinajstić information content (AvgIpc) is 2.39. The van der Waals surface area contributed by atoms with Gasteiger partial charge in [0.2, 0.25) is 0 Å². The Morgan fingerprint density at radius 3 is 1.89 bits per heavy atom. The molecule has 3 fully saturated rings. The van der Waals surface area contributed by atoms with Crippen LogP contribution in [0.5, 0.6) is 0 Å². The lowest BCUT2D eigenvalue weighted by Gasteiger charge is -2.52. The minimum Gasteiger partial charge on any atom is -0.205 e. The highest BCUT2D eigenvalue weighted by molar-refractivity contribution is 5.39. The van der Waals surface area contributed by atoms with E-state index in [1.54, 1.807) is 6.07 Å². The molecular weight excluding hydrogens is 244 g/mol. The zero-order valence-corrected chi connectivity index (χ0v) is 11.1. The van der Waals surface area contributed by atoms with Gasteiger partial charge in [-0.3, -0.25) is 0 Å². The Balaban J connectivity index is 2.02. The summed E-state index contributed by atoms with van der Waals surface area (Å²) in [5, 5.41) is 8.73. The van der Waals surface area contributed by atoms with Gasteiger partial charge in [-0.2, -0.15) is 5.26 Å². The zero-order chi connectivity index (χ0) is 13.7. The van der Waals surface area contributed by atoms with Crippen LogP contribution in [0.25, 0.3) is 0 Å². The number of fused-ring (bicyclic) bond motifs is 3. The third-order valence-electron chi connectivity index (χ3n) is 5.39. The number of nitrogens with zero attached hydrogens (tertiary/aromatic N) is 1. The summed E-state index contributed by atoms with van der Waals surface area (Å²) in [6.07, 6.45) is 6.43. The quantitative estimate of drug-likeness (QED) is 0.732. The fourth-order valence-corrected chi connectivity index (χ4v) is 3.79. The lowest BCUT2D eigenvalue weighted by Crippen LogP contribution is -2.42. The van der Waals surface area contributed by atoms with E-state index in [9.17, 15) is 8.78 Å². The normalized spacial score (nSPS) is 33.2. The van der Waals surface area contributed by atoms with E-state index in [1.165, 1.54) is 12.1 Å². The summed E-state index contributed by atoms with van der Waals surface area (Å²) in [4.78, 5) is 0. The summed E-state index contributed by atoms with van der Waals surface area (Å²) in [5.74, 6) is -1.43. The molecule has 3 aliphatic rings. The molecule has 0 saturated heterocycles. The first-order valence-corrected chi connectivity index (χ1v) is 6.88. The fraction of sp³-hybridized carbons (Fsp3) is 0.562. The highest BCUT2D eigenvalue weighted by Gasteiger charge is 2.47. The molecule has 0 radical (unpaired) electrons. The van der Waals surface area contributed by atoms with Gasteiger partial charge in [-0.05, 0) is 67.1 Å². The van der Waals surface area contributed by atoms with Crippen molar-refractivity contribution in [1.82, 2.24) is 0 Å². The van der Waals surface area contributed by atoms with Crippen molar-refractivity contribution in [3.05, 3.63) is 34.9 Å². The van der Waals surface area contributed by atoms with Crippen molar-refractivity contribution in [3.63, 3.8) is 0 Å². The molecule has 0 atom stereocenters. The van der Waals surface area contributed by atoms with E-state index in [0.717, 1.165) is 44.1 Å². The first kappa shape index (κ1) is 12.6. The lowest BCUT2D eigenvalue weighted by molar-refractivity contribution is 0.0553. The monoisotopic (exact) mass is 261 g/mol. The van der Waals surface area contributed by atoms with Gasteiger partial charge in [0.15, 0.2) is 0 Å². The molecule has 0 aliphatic heterocycles. The van der Waals surface area contributed by atoms with Crippen LogP contribution in [0.1, 0.15) is 56.6 Å². The van der Waals surface area contributed by atoms with Crippen LogP contribution >= 0.6 is 0 Å². The molecule has 0 unspecified atom stereocenters. The van der Waals surface area contributed by atoms with E-state index < -0.39 is 17.2 Å². The van der Waals surface area contributed by atoms with Crippen molar-refractivity contribution in [2.24, 2.45) is 5.41 Å². The van der Waals surface area contributed by atoms with Crippen LogP contribution in [0.15, 0.2) is 12.1 Å².